The monoisotopic (exact) mass is 410 g/mol. The molecule has 0 radical (unpaired) electrons. The minimum absolute atomic E-state index is 0.197. The average molecular weight is 410 g/mol. The molecule has 2 atom stereocenters. The van der Waals surface area contributed by atoms with Crippen LogP contribution in [-0.4, -0.2) is 42.9 Å². The fourth-order valence-electron chi connectivity index (χ4n) is 3.99. The maximum absolute atomic E-state index is 13.0. The molecule has 2 aromatic rings. The highest BCUT2D eigenvalue weighted by Crippen LogP contribution is 2.45. The number of carbonyl (C=O) groups excluding carboxylic acids is 3. The van der Waals surface area contributed by atoms with Crippen LogP contribution in [0.25, 0.3) is 0 Å². The second kappa shape index (κ2) is 7.70. The number of esters is 1. The van der Waals surface area contributed by atoms with Gasteiger partial charge in [0.2, 0.25) is 18.0 Å². The van der Waals surface area contributed by atoms with Crippen molar-refractivity contribution in [2.45, 2.75) is 32.0 Å². The van der Waals surface area contributed by atoms with Gasteiger partial charge in [0.25, 0.3) is 0 Å². The van der Waals surface area contributed by atoms with E-state index in [0.717, 1.165) is 5.56 Å². The SMILES string of the molecule is COc1ccc2c(c1OC)C(=O)O[C@H]2N1C(=O)CC[C@@H]1C(=O)Nc1cccc(C)c1. The molecule has 8 nitrogen and oxygen atoms in total. The second-order valence-corrected chi connectivity index (χ2v) is 7.24. The van der Waals surface area contributed by atoms with Crippen LogP contribution in [0.1, 0.15) is 40.6 Å². The van der Waals surface area contributed by atoms with E-state index >= 15 is 0 Å². The van der Waals surface area contributed by atoms with Crippen LogP contribution in [0.3, 0.4) is 0 Å². The summed E-state index contributed by atoms with van der Waals surface area (Å²) in [4.78, 5) is 39.6. The molecule has 2 aliphatic rings. The summed E-state index contributed by atoms with van der Waals surface area (Å²) < 4.78 is 16.1. The van der Waals surface area contributed by atoms with E-state index in [4.69, 9.17) is 14.2 Å². The molecule has 2 aliphatic heterocycles. The lowest BCUT2D eigenvalue weighted by Gasteiger charge is -2.29. The number of likely N-dealkylation sites (tertiary alicyclic amines) is 1. The number of fused-ring (bicyclic) bond motifs is 1. The van der Waals surface area contributed by atoms with Crippen molar-refractivity contribution in [3.63, 3.8) is 0 Å². The molecule has 1 saturated heterocycles. The Bertz CT molecular complexity index is 1030. The van der Waals surface area contributed by atoms with E-state index in [2.05, 4.69) is 5.32 Å². The van der Waals surface area contributed by atoms with Gasteiger partial charge in [-0.05, 0) is 43.2 Å². The second-order valence-electron chi connectivity index (χ2n) is 7.24. The van der Waals surface area contributed by atoms with Gasteiger partial charge in [-0.1, -0.05) is 12.1 Å². The normalized spacial score (nSPS) is 20.0. The van der Waals surface area contributed by atoms with E-state index in [0.29, 0.717) is 23.4 Å². The molecule has 0 bridgehead atoms. The first-order valence-electron chi connectivity index (χ1n) is 9.59. The zero-order chi connectivity index (χ0) is 21.4. The van der Waals surface area contributed by atoms with Gasteiger partial charge in [-0.3, -0.25) is 14.5 Å². The quantitative estimate of drug-likeness (QED) is 0.762. The van der Waals surface area contributed by atoms with Gasteiger partial charge in [0.15, 0.2) is 11.5 Å². The lowest BCUT2D eigenvalue weighted by molar-refractivity contribution is -0.144. The van der Waals surface area contributed by atoms with Gasteiger partial charge >= 0.3 is 5.97 Å². The van der Waals surface area contributed by atoms with Gasteiger partial charge in [0, 0.05) is 17.7 Å². The van der Waals surface area contributed by atoms with Crippen molar-refractivity contribution in [1.82, 2.24) is 4.90 Å². The van der Waals surface area contributed by atoms with Crippen LogP contribution in [0.5, 0.6) is 11.5 Å². The first kappa shape index (κ1) is 19.8. The largest absolute Gasteiger partial charge is 0.493 e. The summed E-state index contributed by atoms with van der Waals surface area (Å²) in [6, 6.07) is 9.96. The van der Waals surface area contributed by atoms with Crippen LogP contribution in [-0.2, 0) is 14.3 Å². The Morgan fingerprint density at radius 3 is 2.67 bits per heavy atom. The highest BCUT2D eigenvalue weighted by atomic mass is 16.6. The minimum Gasteiger partial charge on any atom is -0.493 e. The number of nitrogens with zero attached hydrogens (tertiary/aromatic N) is 1. The van der Waals surface area contributed by atoms with Crippen LogP contribution >= 0.6 is 0 Å². The number of aryl methyl sites for hydroxylation is 1. The third-order valence-corrected chi connectivity index (χ3v) is 5.36. The number of cyclic esters (lactones) is 1. The number of benzene rings is 2. The Balaban J connectivity index is 1.65. The maximum atomic E-state index is 13.0. The van der Waals surface area contributed by atoms with Gasteiger partial charge in [0.05, 0.1) is 14.2 Å². The molecule has 8 heteroatoms. The molecular formula is C22H22N2O6. The fourth-order valence-corrected chi connectivity index (χ4v) is 3.99. The molecule has 2 amide bonds. The Kier molecular flexibility index (Phi) is 5.07. The lowest BCUT2D eigenvalue weighted by atomic mass is 10.0. The fraction of sp³-hybridized carbons (Fsp3) is 0.318. The van der Waals surface area contributed by atoms with Crippen molar-refractivity contribution in [1.29, 1.82) is 0 Å². The number of anilines is 1. The number of nitrogens with one attached hydrogen (secondary N) is 1. The van der Waals surface area contributed by atoms with Crippen LogP contribution < -0.4 is 14.8 Å². The van der Waals surface area contributed by atoms with E-state index in [1.807, 2.05) is 25.1 Å². The van der Waals surface area contributed by atoms with Crippen LogP contribution in [0, 0.1) is 6.92 Å². The zero-order valence-electron chi connectivity index (χ0n) is 16.9. The molecule has 0 saturated carbocycles. The number of carbonyl (C=O) groups is 3. The van der Waals surface area contributed by atoms with Crippen LogP contribution in [0.15, 0.2) is 36.4 Å². The van der Waals surface area contributed by atoms with Crippen molar-refractivity contribution in [2.24, 2.45) is 0 Å². The van der Waals surface area contributed by atoms with Crippen molar-refractivity contribution in [3.05, 3.63) is 53.1 Å². The third kappa shape index (κ3) is 3.24. The molecule has 1 fully saturated rings. The summed E-state index contributed by atoms with van der Waals surface area (Å²) >= 11 is 0. The molecule has 0 aromatic heterocycles. The summed E-state index contributed by atoms with van der Waals surface area (Å²) in [5.41, 5.74) is 2.34. The third-order valence-electron chi connectivity index (χ3n) is 5.36. The molecule has 0 aliphatic carbocycles. The van der Waals surface area contributed by atoms with Crippen molar-refractivity contribution in [2.75, 3.05) is 19.5 Å². The minimum atomic E-state index is -0.990. The standard InChI is InChI=1S/C22H22N2O6/c1-12-5-4-6-13(11-12)23-20(26)15-8-10-17(25)24(15)21-14-7-9-16(28-2)19(29-3)18(14)22(27)30-21/h4-7,9,11,15,21H,8,10H2,1-3H3,(H,23,26)/t15-,21-/m1/s1. The van der Waals surface area contributed by atoms with Gasteiger partial charge in [-0.2, -0.15) is 0 Å². The Morgan fingerprint density at radius 2 is 1.97 bits per heavy atom. The van der Waals surface area contributed by atoms with Gasteiger partial charge in [0.1, 0.15) is 11.6 Å². The predicted molar refractivity (Wildman–Crippen MR) is 107 cm³/mol. The van der Waals surface area contributed by atoms with Gasteiger partial charge in [-0.15, -0.1) is 0 Å². The highest BCUT2D eigenvalue weighted by molar-refractivity contribution is 6.01. The first-order valence-corrected chi connectivity index (χ1v) is 9.59. The van der Waals surface area contributed by atoms with Gasteiger partial charge in [-0.25, -0.2) is 4.79 Å². The zero-order valence-corrected chi connectivity index (χ0v) is 16.9. The van der Waals surface area contributed by atoms with Crippen molar-refractivity contribution < 1.29 is 28.6 Å². The maximum Gasteiger partial charge on any atom is 0.344 e. The van der Waals surface area contributed by atoms with Crippen molar-refractivity contribution >= 4 is 23.5 Å². The number of ether oxygens (including phenoxy) is 3. The average Bonchev–Trinajstić information content (AvgIpc) is 3.27. The van der Waals surface area contributed by atoms with E-state index in [1.54, 1.807) is 18.2 Å². The summed E-state index contributed by atoms with van der Waals surface area (Å²) in [5.74, 6) is -0.565. The molecule has 0 spiro atoms. The molecule has 0 unspecified atom stereocenters. The molecule has 2 aromatic carbocycles. The van der Waals surface area contributed by atoms with E-state index in [9.17, 15) is 14.4 Å². The molecule has 30 heavy (non-hydrogen) atoms. The topological polar surface area (TPSA) is 94.2 Å². The smallest absolute Gasteiger partial charge is 0.344 e. The Hall–Kier alpha value is -3.55. The van der Waals surface area contributed by atoms with E-state index in [-0.39, 0.29) is 29.5 Å². The molecular weight excluding hydrogens is 388 g/mol. The first-order chi connectivity index (χ1) is 14.4. The van der Waals surface area contributed by atoms with Gasteiger partial charge < -0.3 is 19.5 Å². The number of methoxy groups -OCH3 is 2. The number of amides is 2. The summed E-state index contributed by atoms with van der Waals surface area (Å²) in [6.45, 7) is 1.93. The Morgan fingerprint density at radius 1 is 1.17 bits per heavy atom. The predicted octanol–water partition coefficient (Wildman–Crippen LogP) is 2.81. The lowest BCUT2D eigenvalue weighted by Crippen LogP contribution is -2.43. The molecule has 156 valence electrons. The van der Waals surface area contributed by atoms with Crippen LogP contribution in [0.2, 0.25) is 0 Å². The molecule has 2 heterocycles. The highest BCUT2D eigenvalue weighted by Gasteiger charge is 2.47. The van der Waals surface area contributed by atoms with Crippen molar-refractivity contribution in [3.8, 4) is 11.5 Å². The number of hydrogen-bond acceptors (Lipinski definition) is 6. The molecule has 4 rings (SSSR count). The van der Waals surface area contributed by atoms with E-state index in [1.165, 1.54) is 19.1 Å². The molecule has 1 N–H and O–H groups in total. The van der Waals surface area contributed by atoms with Crippen LogP contribution in [0.4, 0.5) is 5.69 Å². The van der Waals surface area contributed by atoms with E-state index < -0.39 is 18.2 Å². The summed E-state index contributed by atoms with van der Waals surface area (Å²) in [5, 5.41) is 2.86. The number of rotatable bonds is 5. The summed E-state index contributed by atoms with van der Waals surface area (Å²) in [7, 11) is 2.90. The number of hydrogen-bond donors (Lipinski definition) is 1. The summed E-state index contributed by atoms with van der Waals surface area (Å²) in [6.07, 6.45) is -0.453. The Labute approximate surface area is 173 Å².